The van der Waals surface area contributed by atoms with E-state index >= 15 is 0 Å². The fourth-order valence-corrected chi connectivity index (χ4v) is 3.39. The van der Waals surface area contributed by atoms with Gasteiger partial charge < -0.3 is 5.32 Å². The highest BCUT2D eigenvalue weighted by atomic mass is 35.5. The lowest BCUT2D eigenvalue weighted by molar-refractivity contribution is 0.322. The lowest BCUT2D eigenvalue weighted by atomic mass is 10.2. The van der Waals surface area contributed by atoms with Crippen molar-refractivity contribution < 1.29 is 0 Å². The number of rotatable bonds is 7. The molecule has 0 saturated carbocycles. The van der Waals surface area contributed by atoms with Gasteiger partial charge in [-0.1, -0.05) is 43.6 Å². The first-order valence-corrected chi connectivity index (χ1v) is 8.47. The highest BCUT2D eigenvalue weighted by molar-refractivity contribution is 7.11. The van der Waals surface area contributed by atoms with E-state index in [2.05, 4.69) is 49.3 Å². The second kappa shape index (κ2) is 7.95. The molecule has 4 heteroatoms. The fraction of sp³-hybridized carbons (Fsp3) is 0.412. The van der Waals surface area contributed by atoms with Gasteiger partial charge in [0.1, 0.15) is 0 Å². The molecule has 2 nitrogen and oxygen atoms in total. The summed E-state index contributed by atoms with van der Waals surface area (Å²) >= 11 is 8.09. The van der Waals surface area contributed by atoms with Gasteiger partial charge in [-0.3, -0.25) is 4.90 Å². The molecular formula is C17H23ClN2S. The van der Waals surface area contributed by atoms with Gasteiger partial charge in [-0.25, -0.2) is 0 Å². The molecule has 1 aromatic carbocycles. The van der Waals surface area contributed by atoms with Crippen LogP contribution in [0.4, 0.5) is 0 Å². The van der Waals surface area contributed by atoms with Crippen LogP contribution in [0.25, 0.3) is 0 Å². The molecule has 21 heavy (non-hydrogen) atoms. The summed E-state index contributed by atoms with van der Waals surface area (Å²) in [4.78, 5) is 5.09. The van der Waals surface area contributed by atoms with Crippen LogP contribution >= 0.6 is 22.9 Å². The molecule has 1 heterocycles. The Hall–Kier alpha value is -0.870. The van der Waals surface area contributed by atoms with Crippen LogP contribution in [-0.2, 0) is 19.6 Å². The normalized spacial score (nSPS) is 11.5. The Labute approximate surface area is 136 Å². The lowest BCUT2D eigenvalue weighted by Crippen LogP contribution is -2.21. The molecule has 0 radical (unpaired) electrons. The van der Waals surface area contributed by atoms with Crippen LogP contribution in [0.5, 0.6) is 0 Å². The Balaban J connectivity index is 1.88. The second-order valence-electron chi connectivity index (χ2n) is 5.67. The minimum Gasteiger partial charge on any atom is -0.310 e. The van der Waals surface area contributed by atoms with Crippen molar-refractivity contribution >= 4 is 22.9 Å². The first-order valence-electron chi connectivity index (χ1n) is 7.27. The summed E-state index contributed by atoms with van der Waals surface area (Å²) in [5.41, 5.74) is 1.18. The van der Waals surface area contributed by atoms with E-state index in [1.54, 1.807) is 0 Å². The van der Waals surface area contributed by atoms with Crippen molar-refractivity contribution in [2.24, 2.45) is 0 Å². The number of thiophene rings is 1. The maximum Gasteiger partial charge on any atom is 0.0451 e. The average Bonchev–Trinajstić information content (AvgIpc) is 2.86. The van der Waals surface area contributed by atoms with E-state index < -0.39 is 0 Å². The van der Waals surface area contributed by atoms with E-state index in [0.717, 1.165) is 24.7 Å². The van der Waals surface area contributed by atoms with Crippen molar-refractivity contribution in [2.45, 2.75) is 39.5 Å². The molecule has 2 rings (SSSR count). The van der Waals surface area contributed by atoms with Crippen LogP contribution in [0.2, 0.25) is 5.02 Å². The average molecular weight is 323 g/mol. The minimum atomic E-state index is 0.526. The van der Waals surface area contributed by atoms with Gasteiger partial charge in [-0.15, -0.1) is 11.3 Å². The van der Waals surface area contributed by atoms with Gasteiger partial charge in [0.25, 0.3) is 0 Å². The summed E-state index contributed by atoms with van der Waals surface area (Å²) < 4.78 is 0. The number of hydrogen-bond acceptors (Lipinski definition) is 3. The van der Waals surface area contributed by atoms with Crippen molar-refractivity contribution in [3.8, 4) is 0 Å². The molecule has 114 valence electrons. The summed E-state index contributed by atoms with van der Waals surface area (Å²) in [5, 5.41) is 4.30. The summed E-state index contributed by atoms with van der Waals surface area (Å²) in [6.45, 7) is 7.13. The summed E-state index contributed by atoms with van der Waals surface area (Å²) in [5.74, 6) is 0. The van der Waals surface area contributed by atoms with Gasteiger partial charge in [0.15, 0.2) is 0 Å². The topological polar surface area (TPSA) is 15.3 Å². The smallest absolute Gasteiger partial charge is 0.0451 e. The Morgan fingerprint density at radius 3 is 2.52 bits per heavy atom. The molecule has 0 amide bonds. The summed E-state index contributed by atoms with van der Waals surface area (Å²) in [6, 6.07) is 13.0. The largest absolute Gasteiger partial charge is 0.310 e. The molecular weight excluding hydrogens is 300 g/mol. The zero-order valence-electron chi connectivity index (χ0n) is 12.9. The molecule has 0 bridgehead atoms. The van der Waals surface area contributed by atoms with Gasteiger partial charge >= 0.3 is 0 Å². The van der Waals surface area contributed by atoms with Crippen LogP contribution in [0.1, 0.15) is 29.2 Å². The molecule has 0 atom stereocenters. The SMILES string of the molecule is CC(C)NCc1ccc(CN(C)Cc2ccccc2Cl)s1. The lowest BCUT2D eigenvalue weighted by Gasteiger charge is -2.16. The Bertz CT molecular complexity index is 565. The Morgan fingerprint density at radius 1 is 1.10 bits per heavy atom. The van der Waals surface area contributed by atoms with Gasteiger partial charge in [-0.05, 0) is 30.8 Å². The molecule has 2 aromatic rings. The molecule has 0 saturated heterocycles. The molecule has 0 aliphatic rings. The van der Waals surface area contributed by atoms with Gasteiger partial charge in [0.2, 0.25) is 0 Å². The molecule has 1 N–H and O–H groups in total. The Morgan fingerprint density at radius 2 is 1.81 bits per heavy atom. The van der Waals surface area contributed by atoms with E-state index in [1.807, 2.05) is 29.5 Å². The van der Waals surface area contributed by atoms with Crippen LogP contribution in [-0.4, -0.2) is 18.0 Å². The molecule has 0 unspecified atom stereocenters. The van der Waals surface area contributed by atoms with Crippen molar-refractivity contribution in [3.05, 3.63) is 56.7 Å². The van der Waals surface area contributed by atoms with Crippen LogP contribution in [0.3, 0.4) is 0 Å². The summed E-state index contributed by atoms with van der Waals surface area (Å²) in [7, 11) is 2.13. The van der Waals surface area contributed by atoms with Crippen molar-refractivity contribution in [2.75, 3.05) is 7.05 Å². The Kier molecular flexibility index (Phi) is 6.24. The van der Waals surface area contributed by atoms with Crippen LogP contribution in [0, 0.1) is 0 Å². The van der Waals surface area contributed by atoms with Gasteiger partial charge in [0, 0.05) is 40.5 Å². The zero-order valence-corrected chi connectivity index (χ0v) is 14.5. The van der Waals surface area contributed by atoms with Gasteiger partial charge in [0.05, 0.1) is 0 Å². The molecule has 0 spiro atoms. The quantitative estimate of drug-likeness (QED) is 0.805. The minimum absolute atomic E-state index is 0.526. The number of hydrogen-bond donors (Lipinski definition) is 1. The summed E-state index contributed by atoms with van der Waals surface area (Å²) in [6.07, 6.45) is 0. The predicted molar refractivity (Wildman–Crippen MR) is 92.9 cm³/mol. The third kappa shape index (κ3) is 5.44. The molecule has 0 aliphatic carbocycles. The monoisotopic (exact) mass is 322 g/mol. The van der Waals surface area contributed by atoms with Crippen molar-refractivity contribution in [1.29, 1.82) is 0 Å². The maximum atomic E-state index is 6.21. The highest BCUT2D eigenvalue weighted by Crippen LogP contribution is 2.21. The molecule has 0 aliphatic heterocycles. The number of halogens is 1. The fourth-order valence-electron chi connectivity index (χ4n) is 2.15. The zero-order chi connectivity index (χ0) is 15.2. The first-order chi connectivity index (χ1) is 10.0. The number of benzene rings is 1. The first kappa shape index (κ1) is 16.5. The maximum absolute atomic E-state index is 6.21. The second-order valence-corrected chi connectivity index (χ2v) is 7.33. The standard InChI is InChI=1S/C17H23ClN2S/c1-13(2)19-10-15-8-9-16(21-15)12-20(3)11-14-6-4-5-7-17(14)18/h4-9,13,19H,10-12H2,1-3H3. The number of nitrogens with zero attached hydrogens (tertiary/aromatic N) is 1. The van der Waals surface area contributed by atoms with E-state index in [9.17, 15) is 0 Å². The van der Waals surface area contributed by atoms with E-state index in [0.29, 0.717) is 6.04 Å². The highest BCUT2D eigenvalue weighted by Gasteiger charge is 2.07. The predicted octanol–water partition coefficient (Wildman–Crippen LogP) is 4.53. The third-order valence-electron chi connectivity index (χ3n) is 3.23. The van der Waals surface area contributed by atoms with E-state index in [4.69, 9.17) is 11.6 Å². The van der Waals surface area contributed by atoms with Crippen LogP contribution < -0.4 is 5.32 Å². The van der Waals surface area contributed by atoms with Crippen LogP contribution in [0.15, 0.2) is 36.4 Å². The van der Waals surface area contributed by atoms with E-state index in [-0.39, 0.29) is 0 Å². The molecule has 1 aromatic heterocycles. The van der Waals surface area contributed by atoms with Gasteiger partial charge in [-0.2, -0.15) is 0 Å². The van der Waals surface area contributed by atoms with E-state index in [1.165, 1.54) is 15.3 Å². The third-order valence-corrected chi connectivity index (χ3v) is 4.66. The number of nitrogens with one attached hydrogen (secondary N) is 1. The molecule has 0 fully saturated rings. The van der Waals surface area contributed by atoms with Crippen molar-refractivity contribution in [1.82, 2.24) is 10.2 Å². The van der Waals surface area contributed by atoms with Crippen molar-refractivity contribution in [3.63, 3.8) is 0 Å².